The molecule has 0 radical (unpaired) electrons. The van der Waals surface area contributed by atoms with Gasteiger partial charge in [0.05, 0.1) is 25.4 Å². The number of hydrogen-bond donors (Lipinski definition) is 2. The first-order chi connectivity index (χ1) is 11.8. The molecule has 140 valence electrons. The molecule has 1 aromatic heterocycles. The molecule has 0 aliphatic rings. The van der Waals surface area contributed by atoms with Crippen molar-refractivity contribution in [2.45, 2.75) is 32.0 Å². The molecule has 0 amide bonds. The van der Waals surface area contributed by atoms with Gasteiger partial charge in [-0.05, 0) is 24.6 Å². The molecule has 0 aliphatic carbocycles. The second-order valence-electron chi connectivity index (χ2n) is 4.39. The number of aromatic nitrogens is 3. The van der Waals surface area contributed by atoms with E-state index in [1.807, 2.05) is 6.92 Å². The number of benzene rings is 1. The third-order valence-corrected chi connectivity index (χ3v) is 4.39. The molecule has 2 N–H and O–H groups in total. The van der Waals surface area contributed by atoms with Crippen LogP contribution in [0.3, 0.4) is 0 Å². The Bertz CT molecular complexity index is 541. The van der Waals surface area contributed by atoms with Crippen molar-refractivity contribution in [1.82, 2.24) is 13.5 Å². The van der Waals surface area contributed by atoms with Crippen LogP contribution < -0.4 is 4.74 Å². The zero-order valence-electron chi connectivity index (χ0n) is 13.6. The fraction of sp³-hybridized carbons (Fsp3) is 0.538. The summed E-state index contributed by atoms with van der Waals surface area (Å²) in [6.07, 6.45) is -3.16. The fourth-order valence-electron chi connectivity index (χ4n) is 1.33. The molecular weight excluding hydrogens is 396 g/mol. The summed E-state index contributed by atoms with van der Waals surface area (Å²) in [6.45, 7) is 1.87. The molecule has 1 unspecified atom stereocenters. The summed E-state index contributed by atoms with van der Waals surface area (Å²) in [5, 5.41) is 16.8. The summed E-state index contributed by atoms with van der Waals surface area (Å²) in [5.74, 6) is 0.213. The van der Waals surface area contributed by atoms with Crippen LogP contribution >= 0.6 is 25.5 Å². The first kappa shape index (κ1) is 24.0. The summed E-state index contributed by atoms with van der Waals surface area (Å²) < 4.78 is 52.1. The van der Waals surface area contributed by atoms with Crippen molar-refractivity contribution in [2.75, 3.05) is 13.7 Å². The van der Waals surface area contributed by atoms with Crippen molar-refractivity contribution >= 4 is 25.5 Å². The molecule has 6 nitrogen and oxygen atoms in total. The topological polar surface area (TPSA) is 88.4 Å². The Morgan fingerprint density at radius 1 is 1.16 bits per heavy atom. The van der Waals surface area contributed by atoms with Gasteiger partial charge in [0.15, 0.2) is 25.5 Å². The Morgan fingerprint density at radius 3 is 2.04 bits per heavy atom. The molecule has 2 rings (SSSR count). The van der Waals surface area contributed by atoms with Crippen LogP contribution in [0.1, 0.15) is 25.3 Å². The van der Waals surface area contributed by atoms with Gasteiger partial charge >= 0.3 is 6.18 Å². The average Bonchev–Trinajstić information content (AvgIpc) is 2.64. The van der Waals surface area contributed by atoms with Crippen LogP contribution in [0, 0.1) is 0 Å². The number of rotatable bonds is 4. The van der Waals surface area contributed by atoms with Gasteiger partial charge < -0.3 is 14.9 Å². The second-order valence-corrected chi connectivity index (χ2v) is 7.07. The van der Waals surface area contributed by atoms with Gasteiger partial charge in [0, 0.05) is 0 Å². The van der Waals surface area contributed by atoms with Crippen LogP contribution in [0.25, 0.3) is 0 Å². The van der Waals surface area contributed by atoms with Gasteiger partial charge in [-0.15, -0.1) is 0 Å². The highest BCUT2D eigenvalue weighted by Gasteiger charge is 2.30. The van der Waals surface area contributed by atoms with Gasteiger partial charge in [-0.25, -0.2) is 0 Å². The molecule has 0 bridgehead atoms. The van der Waals surface area contributed by atoms with E-state index in [1.165, 1.54) is 19.2 Å². The van der Waals surface area contributed by atoms with Crippen molar-refractivity contribution in [2.24, 2.45) is 0 Å². The van der Waals surface area contributed by atoms with E-state index in [-0.39, 0.29) is 12.4 Å². The van der Waals surface area contributed by atoms with Gasteiger partial charge in [0.1, 0.15) is 5.75 Å². The van der Waals surface area contributed by atoms with Crippen LogP contribution in [0.5, 0.6) is 5.75 Å². The molecule has 1 atom stereocenters. The zero-order valence-corrected chi connectivity index (χ0v) is 16.3. The summed E-state index contributed by atoms with van der Waals surface area (Å²) in [7, 11) is 3.82. The largest absolute Gasteiger partial charge is 0.497 e. The van der Waals surface area contributed by atoms with Crippen LogP contribution in [0.4, 0.5) is 13.2 Å². The number of halogens is 3. The van der Waals surface area contributed by atoms with Crippen molar-refractivity contribution in [3.63, 3.8) is 0 Å². The van der Waals surface area contributed by atoms with Crippen molar-refractivity contribution in [3.8, 4) is 5.75 Å². The quantitative estimate of drug-likeness (QED) is 0.767. The number of hydrogen-bond acceptors (Lipinski definition) is 6. The van der Waals surface area contributed by atoms with Gasteiger partial charge in [0.25, 0.3) is 0 Å². The molecule has 0 aliphatic heterocycles. The third-order valence-electron chi connectivity index (χ3n) is 2.47. The van der Waals surface area contributed by atoms with E-state index < -0.39 is 17.8 Å². The predicted molar refractivity (Wildman–Crippen MR) is 93.4 cm³/mol. The summed E-state index contributed by atoms with van der Waals surface area (Å²) in [4.78, 5) is 0. The highest BCUT2D eigenvalue weighted by molar-refractivity contribution is 7.43. The van der Waals surface area contributed by atoms with Crippen molar-refractivity contribution in [3.05, 3.63) is 29.8 Å². The average molecular weight is 415 g/mol. The first-order valence-corrected chi connectivity index (χ1v) is 9.45. The SMILES string of the molecule is CCCC(O)CO.COc1cccc(C(F)(F)F)c1.n1pnpnp1. The minimum Gasteiger partial charge on any atom is -0.497 e. The maximum Gasteiger partial charge on any atom is 0.416 e. The normalized spacial score (nSPS) is 12.3. The van der Waals surface area contributed by atoms with E-state index in [9.17, 15) is 13.2 Å². The number of nitrogens with zero attached hydrogens (tertiary/aromatic N) is 3. The summed E-state index contributed by atoms with van der Waals surface area (Å²) in [5.41, 5.74) is -0.693. The van der Waals surface area contributed by atoms with Crippen LogP contribution in [-0.4, -0.2) is 43.6 Å². The Hall–Kier alpha value is -0.970. The Labute approximate surface area is 149 Å². The lowest BCUT2D eigenvalue weighted by Gasteiger charge is -2.07. The minimum absolute atomic E-state index is 0.103. The lowest BCUT2D eigenvalue weighted by molar-refractivity contribution is -0.137. The van der Waals surface area contributed by atoms with E-state index in [4.69, 9.17) is 10.2 Å². The van der Waals surface area contributed by atoms with E-state index in [1.54, 1.807) is 0 Å². The van der Waals surface area contributed by atoms with Crippen molar-refractivity contribution < 1.29 is 28.1 Å². The molecule has 12 heteroatoms. The Kier molecular flexibility index (Phi) is 13.7. The maximum atomic E-state index is 12.0. The lowest BCUT2D eigenvalue weighted by atomic mass is 10.2. The molecule has 0 saturated carbocycles. The predicted octanol–water partition coefficient (Wildman–Crippen LogP) is 4.47. The van der Waals surface area contributed by atoms with Crippen LogP contribution in [0.2, 0.25) is 0 Å². The highest BCUT2D eigenvalue weighted by atomic mass is 31.1. The van der Waals surface area contributed by atoms with Crippen LogP contribution in [0.15, 0.2) is 24.3 Å². The lowest BCUT2D eigenvalue weighted by Crippen LogP contribution is -2.10. The zero-order chi connectivity index (χ0) is 19.1. The molecule has 1 heterocycles. The summed E-state index contributed by atoms with van der Waals surface area (Å²) in [6, 6.07) is 4.74. The van der Waals surface area contributed by atoms with Gasteiger partial charge in [-0.1, -0.05) is 19.4 Å². The molecule has 25 heavy (non-hydrogen) atoms. The van der Waals surface area contributed by atoms with E-state index >= 15 is 0 Å². The first-order valence-electron chi connectivity index (χ1n) is 7.05. The number of aliphatic hydroxyl groups is 2. The number of methoxy groups -OCH3 is 1. The molecule has 0 saturated heterocycles. The monoisotopic (exact) mass is 415 g/mol. The second kappa shape index (κ2) is 14.2. The minimum atomic E-state index is -4.30. The molecule has 0 fully saturated rings. The Balaban J connectivity index is 0.000000377. The highest BCUT2D eigenvalue weighted by Crippen LogP contribution is 2.30. The molecule has 0 spiro atoms. The molecule has 2 aromatic rings. The number of alkyl halides is 3. The standard InChI is InChI=1S/C8H7F3O.C5H12O2.N3P3/c1-12-7-4-2-3-6(5-7)8(9,10)11;1-2-3-5(7)4-6;1-4-2-6-3-5-1/h2-5H,1H3;5-7H,2-4H2,1H3;. The number of ether oxygens (including phenoxy) is 1. The molecular formula is C13H19F3N3O3P3. The van der Waals surface area contributed by atoms with E-state index in [2.05, 4.69) is 18.3 Å². The number of aliphatic hydroxyl groups excluding tert-OH is 2. The van der Waals surface area contributed by atoms with Crippen molar-refractivity contribution in [1.29, 1.82) is 0 Å². The Morgan fingerprint density at radius 2 is 1.72 bits per heavy atom. The maximum absolute atomic E-state index is 12.0. The fourth-order valence-corrected chi connectivity index (χ4v) is 3.16. The van der Waals surface area contributed by atoms with Gasteiger partial charge in [0.2, 0.25) is 0 Å². The smallest absolute Gasteiger partial charge is 0.416 e. The third kappa shape index (κ3) is 13.0. The summed E-state index contributed by atoms with van der Waals surface area (Å²) >= 11 is 0. The van der Waals surface area contributed by atoms with Gasteiger partial charge in [-0.3, -0.25) is 0 Å². The van der Waals surface area contributed by atoms with Crippen LogP contribution in [-0.2, 0) is 6.18 Å². The van der Waals surface area contributed by atoms with E-state index in [0.717, 1.165) is 44.1 Å². The van der Waals surface area contributed by atoms with Gasteiger partial charge in [-0.2, -0.15) is 26.7 Å². The molecule has 1 aromatic carbocycles. The van der Waals surface area contributed by atoms with E-state index in [0.29, 0.717) is 6.42 Å².